The molecule has 7 heteroatoms. The Morgan fingerprint density at radius 1 is 1.11 bits per heavy atom. The standard InChI is InChI=1S/C20H30F2O5/c1-18(2,3)27-16(23)11-26-20-9-13-6-14(10-20)8-19(7-13,12-20)17(24)25-5-4-15(21)22/h13-15H,4-12H2,1-3H3. The first kappa shape index (κ1) is 20.5. The molecule has 4 rings (SSSR count). The smallest absolute Gasteiger partial charge is 0.332 e. The average molecular weight is 388 g/mol. The molecule has 4 bridgehead atoms. The monoisotopic (exact) mass is 388 g/mol. The molecule has 4 aliphatic rings. The van der Waals surface area contributed by atoms with Crippen LogP contribution in [0.3, 0.4) is 0 Å². The second-order valence-electron chi connectivity index (χ2n) is 9.62. The van der Waals surface area contributed by atoms with Gasteiger partial charge in [-0.1, -0.05) is 0 Å². The Morgan fingerprint density at radius 3 is 2.30 bits per heavy atom. The van der Waals surface area contributed by atoms with Crippen molar-refractivity contribution in [3.63, 3.8) is 0 Å². The van der Waals surface area contributed by atoms with Gasteiger partial charge in [-0.05, 0) is 71.1 Å². The van der Waals surface area contributed by atoms with E-state index in [1.54, 1.807) is 20.8 Å². The highest BCUT2D eigenvalue weighted by atomic mass is 19.3. The van der Waals surface area contributed by atoms with Crippen LogP contribution in [0.5, 0.6) is 0 Å². The molecule has 4 saturated carbocycles. The maximum absolute atomic E-state index is 12.7. The van der Waals surface area contributed by atoms with Crippen LogP contribution in [0.2, 0.25) is 0 Å². The summed E-state index contributed by atoms with van der Waals surface area (Å²) in [6.07, 6.45) is 1.78. The van der Waals surface area contributed by atoms with Crippen molar-refractivity contribution in [1.29, 1.82) is 0 Å². The lowest BCUT2D eigenvalue weighted by Crippen LogP contribution is -2.60. The molecular weight excluding hydrogens is 358 g/mol. The molecule has 4 fully saturated rings. The molecule has 0 heterocycles. The van der Waals surface area contributed by atoms with Crippen LogP contribution in [0.4, 0.5) is 8.78 Å². The number of carbonyl (C=O) groups excluding carboxylic acids is 2. The molecule has 2 unspecified atom stereocenters. The largest absolute Gasteiger partial charge is 0.465 e. The van der Waals surface area contributed by atoms with Crippen LogP contribution in [0.25, 0.3) is 0 Å². The Labute approximate surface area is 159 Å². The number of esters is 2. The molecule has 0 aliphatic heterocycles. The highest BCUT2D eigenvalue weighted by Gasteiger charge is 2.62. The SMILES string of the molecule is CC(C)(C)OC(=O)COC12CC3CC(C1)CC(C(=O)OCCC(F)F)(C3)C2. The predicted molar refractivity (Wildman–Crippen MR) is 93.2 cm³/mol. The molecule has 4 aliphatic carbocycles. The predicted octanol–water partition coefficient (Wildman–Crippen LogP) is 3.88. The molecule has 2 atom stereocenters. The van der Waals surface area contributed by atoms with Crippen LogP contribution in [0.1, 0.15) is 65.7 Å². The fourth-order valence-corrected chi connectivity index (χ4v) is 5.56. The Kier molecular flexibility index (Phi) is 5.54. The number of hydrogen-bond acceptors (Lipinski definition) is 5. The number of ether oxygens (including phenoxy) is 3. The van der Waals surface area contributed by atoms with Crippen molar-refractivity contribution >= 4 is 11.9 Å². The van der Waals surface area contributed by atoms with E-state index in [0.29, 0.717) is 18.3 Å². The number of carbonyl (C=O) groups is 2. The summed E-state index contributed by atoms with van der Waals surface area (Å²) in [7, 11) is 0. The van der Waals surface area contributed by atoms with E-state index in [1.807, 2.05) is 0 Å². The van der Waals surface area contributed by atoms with E-state index in [1.165, 1.54) is 0 Å². The van der Waals surface area contributed by atoms with Crippen molar-refractivity contribution in [2.24, 2.45) is 17.3 Å². The summed E-state index contributed by atoms with van der Waals surface area (Å²) in [6.45, 7) is 5.03. The van der Waals surface area contributed by atoms with E-state index >= 15 is 0 Å². The average Bonchev–Trinajstić information content (AvgIpc) is 2.50. The molecule has 27 heavy (non-hydrogen) atoms. The van der Waals surface area contributed by atoms with E-state index in [0.717, 1.165) is 32.1 Å². The summed E-state index contributed by atoms with van der Waals surface area (Å²) in [5.41, 5.74) is -1.74. The number of rotatable bonds is 7. The van der Waals surface area contributed by atoms with Crippen molar-refractivity contribution in [2.75, 3.05) is 13.2 Å². The van der Waals surface area contributed by atoms with Gasteiger partial charge in [0.2, 0.25) is 6.43 Å². The van der Waals surface area contributed by atoms with Crippen molar-refractivity contribution in [1.82, 2.24) is 0 Å². The van der Waals surface area contributed by atoms with E-state index in [-0.39, 0.29) is 19.2 Å². The minimum atomic E-state index is -2.47. The van der Waals surface area contributed by atoms with Gasteiger partial charge in [0.05, 0.1) is 17.6 Å². The Balaban J connectivity index is 1.64. The number of halogens is 2. The van der Waals surface area contributed by atoms with Gasteiger partial charge >= 0.3 is 11.9 Å². The summed E-state index contributed by atoms with van der Waals surface area (Å²) in [5.74, 6) is -0.0747. The summed E-state index contributed by atoms with van der Waals surface area (Å²) in [6, 6.07) is 0. The summed E-state index contributed by atoms with van der Waals surface area (Å²) in [4.78, 5) is 24.8. The lowest BCUT2D eigenvalue weighted by atomic mass is 9.48. The Morgan fingerprint density at radius 2 is 1.74 bits per heavy atom. The fourth-order valence-electron chi connectivity index (χ4n) is 5.56. The van der Waals surface area contributed by atoms with Crippen LogP contribution >= 0.6 is 0 Å². The van der Waals surface area contributed by atoms with E-state index < -0.39 is 35.4 Å². The van der Waals surface area contributed by atoms with Crippen molar-refractivity contribution in [2.45, 2.75) is 83.3 Å². The summed E-state index contributed by atoms with van der Waals surface area (Å²) in [5, 5.41) is 0. The van der Waals surface area contributed by atoms with E-state index in [4.69, 9.17) is 14.2 Å². The molecule has 0 radical (unpaired) electrons. The molecule has 0 aromatic heterocycles. The minimum absolute atomic E-state index is 0.132. The topological polar surface area (TPSA) is 61.8 Å². The van der Waals surface area contributed by atoms with Gasteiger partial charge in [0.1, 0.15) is 12.2 Å². The Bertz CT molecular complexity index is 569. The maximum atomic E-state index is 12.7. The highest BCUT2D eigenvalue weighted by molar-refractivity contribution is 5.78. The Hall–Kier alpha value is -1.24. The zero-order valence-electron chi connectivity index (χ0n) is 16.4. The molecule has 0 saturated heterocycles. The third kappa shape index (κ3) is 4.79. The zero-order valence-corrected chi connectivity index (χ0v) is 16.4. The van der Waals surface area contributed by atoms with Gasteiger partial charge in [-0.2, -0.15) is 0 Å². The summed E-state index contributed by atoms with van der Waals surface area (Å²) >= 11 is 0. The van der Waals surface area contributed by atoms with Crippen LogP contribution in [-0.2, 0) is 23.8 Å². The molecule has 154 valence electrons. The second kappa shape index (κ2) is 7.30. The van der Waals surface area contributed by atoms with Gasteiger partial charge in [-0.3, -0.25) is 4.79 Å². The first-order valence-electron chi connectivity index (χ1n) is 9.82. The van der Waals surface area contributed by atoms with E-state index in [9.17, 15) is 18.4 Å². The first-order valence-corrected chi connectivity index (χ1v) is 9.82. The lowest BCUT2D eigenvalue weighted by molar-refractivity contribution is -0.215. The zero-order chi connectivity index (χ0) is 19.9. The minimum Gasteiger partial charge on any atom is -0.465 e. The van der Waals surface area contributed by atoms with Crippen molar-refractivity contribution < 1.29 is 32.6 Å². The molecule has 0 spiro atoms. The fraction of sp³-hybridized carbons (Fsp3) is 0.900. The highest BCUT2D eigenvalue weighted by Crippen LogP contribution is 2.63. The van der Waals surface area contributed by atoms with Gasteiger partial charge in [0.15, 0.2) is 0 Å². The number of alkyl halides is 2. The van der Waals surface area contributed by atoms with Crippen LogP contribution in [-0.4, -0.2) is 42.8 Å². The quantitative estimate of drug-likeness (QED) is 0.620. The van der Waals surface area contributed by atoms with Crippen LogP contribution < -0.4 is 0 Å². The molecule has 5 nitrogen and oxygen atoms in total. The van der Waals surface area contributed by atoms with Crippen LogP contribution in [0.15, 0.2) is 0 Å². The molecular formula is C20H30F2O5. The summed E-state index contributed by atoms with van der Waals surface area (Å²) < 4.78 is 41.3. The van der Waals surface area contributed by atoms with Gasteiger partial charge < -0.3 is 14.2 Å². The van der Waals surface area contributed by atoms with Crippen LogP contribution in [0, 0.1) is 17.3 Å². The maximum Gasteiger partial charge on any atom is 0.332 e. The third-order valence-electron chi connectivity index (χ3n) is 5.93. The van der Waals surface area contributed by atoms with Gasteiger partial charge in [-0.25, -0.2) is 13.6 Å². The first-order chi connectivity index (χ1) is 12.5. The normalized spacial score (nSPS) is 34.7. The number of hydrogen-bond donors (Lipinski definition) is 0. The molecule has 0 aromatic carbocycles. The van der Waals surface area contributed by atoms with Gasteiger partial charge in [0, 0.05) is 6.42 Å². The molecule has 0 aromatic rings. The second-order valence-corrected chi connectivity index (χ2v) is 9.62. The molecule has 0 N–H and O–H groups in total. The lowest BCUT2D eigenvalue weighted by Gasteiger charge is -2.60. The van der Waals surface area contributed by atoms with Gasteiger partial charge in [-0.15, -0.1) is 0 Å². The van der Waals surface area contributed by atoms with E-state index in [2.05, 4.69) is 0 Å². The molecule has 0 amide bonds. The third-order valence-corrected chi connectivity index (χ3v) is 5.93. The van der Waals surface area contributed by atoms with Gasteiger partial charge in [0.25, 0.3) is 0 Å². The van der Waals surface area contributed by atoms with Crippen molar-refractivity contribution in [3.05, 3.63) is 0 Å². The van der Waals surface area contributed by atoms with Crippen molar-refractivity contribution in [3.8, 4) is 0 Å².